The van der Waals surface area contributed by atoms with Gasteiger partial charge in [-0.2, -0.15) is 0 Å². The summed E-state index contributed by atoms with van der Waals surface area (Å²) in [6, 6.07) is 21.5. The molecule has 2 rings (SSSR count). The molecule has 0 aliphatic rings. The zero-order chi connectivity index (χ0) is 18.8. The van der Waals surface area contributed by atoms with Crippen molar-refractivity contribution in [2.45, 2.75) is 19.6 Å². The minimum absolute atomic E-state index is 0.445. The molecular weight excluding hydrogens is 421 g/mol. The fourth-order valence-electron chi connectivity index (χ4n) is 2.59. The fraction of sp³-hybridized carbons (Fsp3) is 0.176. The highest BCUT2D eigenvalue weighted by atomic mass is 29.2. The molecule has 140 valence electrons. The second-order valence-electron chi connectivity index (χ2n) is 6.93. The lowest BCUT2D eigenvalue weighted by Crippen LogP contribution is -2.52. The number of hydrogen-bond acceptors (Lipinski definition) is 3. The summed E-state index contributed by atoms with van der Waals surface area (Å²) in [5.74, 6) is 0. The molecule has 1 atom stereocenters. The lowest BCUT2D eigenvalue weighted by molar-refractivity contribution is 0.584. The second-order valence-corrected chi connectivity index (χ2v) is 27.8. The van der Waals surface area contributed by atoms with Crippen molar-refractivity contribution >= 4 is 64.1 Å². The van der Waals surface area contributed by atoms with E-state index >= 15 is 0 Å². The Balaban J connectivity index is 1.95. The summed E-state index contributed by atoms with van der Waals surface area (Å²) in [6.07, 6.45) is 0. The fourth-order valence-corrected chi connectivity index (χ4v) is 32.9. The van der Waals surface area contributed by atoms with Gasteiger partial charge in [-0.05, 0) is 30.0 Å². The van der Waals surface area contributed by atoms with E-state index in [9.17, 15) is 0 Å². The molecule has 1 unspecified atom stereocenters. The van der Waals surface area contributed by atoms with Crippen molar-refractivity contribution in [3.8, 4) is 0 Å². The zero-order valence-corrected chi connectivity index (χ0v) is 23.6. The highest BCUT2D eigenvalue weighted by Crippen LogP contribution is 2.04. The summed E-state index contributed by atoms with van der Waals surface area (Å²) in [7, 11) is -5.96. The summed E-state index contributed by atoms with van der Waals surface area (Å²) in [5.41, 5.74) is 2.00. The summed E-state index contributed by atoms with van der Waals surface area (Å²) < 4.78 is 19.0. The zero-order valence-electron chi connectivity index (χ0n) is 16.1. The molecule has 0 heterocycles. The maximum Gasteiger partial charge on any atom is 0.228 e. The van der Waals surface area contributed by atoms with E-state index in [2.05, 4.69) is 86.9 Å². The van der Waals surface area contributed by atoms with Gasteiger partial charge >= 0.3 is 0 Å². The van der Waals surface area contributed by atoms with Gasteiger partial charge in [0.05, 0.1) is 0 Å². The normalized spacial score (nSPS) is 14.3. The van der Waals surface area contributed by atoms with E-state index in [1.165, 1.54) is 10.4 Å². The number of hydrogen-bond donors (Lipinski definition) is 0. The quantitative estimate of drug-likeness (QED) is 0.342. The summed E-state index contributed by atoms with van der Waals surface area (Å²) in [5, 5.41) is 2.72. The Bertz CT molecular complexity index is 617. The first-order chi connectivity index (χ1) is 12.5. The van der Waals surface area contributed by atoms with Gasteiger partial charge in [0, 0.05) is 0 Å². The molecule has 26 heavy (non-hydrogen) atoms. The van der Waals surface area contributed by atoms with E-state index in [1.807, 2.05) is 5.70 Å². The Morgan fingerprint density at radius 1 is 0.885 bits per heavy atom. The molecule has 2 aromatic carbocycles. The summed E-state index contributed by atoms with van der Waals surface area (Å²) >= 11 is 0. The van der Waals surface area contributed by atoms with Crippen LogP contribution in [0.4, 0.5) is 0 Å². The van der Waals surface area contributed by atoms with Crippen LogP contribution in [-0.4, -0.2) is 53.8 Å². The molecule has 0 saturated carbocycles. The van der Waals surface area contributed by atoms with Gasteiger partial charge in [0.25, 0.3) is 0 Å². The van der Waals surface area contributed by atoms with E-state index in [4.69, 9.17) is 12.3 Å². The Kier molecular flexibility index (Phi) is 9.38. The molecule has 9 heteroatoms. The second kappa shape index (κ2) is 11.3. The number of rotatable bonds is 11. The van der Waals surface area contributed by atoms with E-state index in [-0.39, 0.29) is 0 Å². The van der Waals surface area contributed by atoms with Crippen molar-refractivity contribution in [3.05, 3.63) is 72.9 Å². The minimum atomic E-state index is -1.66. The van der Waals surface area contributed by atoms with Gasteiger partial charge < -0.3 is 12.3 Å². The van der Waals surface area contributed by atoms with Gasteiger partial charge in [0.15, 0.2) is 44.7 Å². The molecule has 0 N–H and O–H groups in total. The summed E-state index contributed by atoms with van der Waals surface area (Å²) in [4.78, 5) is 0. The van der Waals surface area contributed by atoms with E-state index in [0.29, 0.717) is 0 Å². The van der Waals surface area contributed by atoms with Gasteiger partial charge in [-0.15, -0.1) is 6.58 Å². The van der Waals surface area contributed by atoms with Crippen LogP contribution in [0.5, 0.6) is 0 Å². The first-order valence-corrected chi connectivity index (χ1v) is 24.0. The molecule has 3 nitrogen and oxygen atoms in total. The maximum absolute atomic E-state index is 6.68. The van der Waals surface area contributed by atoms with Crippen molar-refractivity contribution in [3.63, 3.8) is 0 Å². The van der Waals surface area contributed by atoms with E-state index < -0.39 is 53.8 Å². The van der Waals surface area contributed by atoms with Gasteiger partial charge in [-0.1, -0.05) is 66.4 Å². The Morgan fingerprint density at radius 2 is 1.42 bits per heavy atom. The van der Waals surface area contributed by atoms with Crippen molar-refractivity contribution in [1.82, 2.24) is 0 Å². The molecule has 0 bridgehead atoms. The molecular formula is C17H30O3Si6. The van der Waals surface area contributed by atoms with Crippen molar-refractivity contribution < 1.29 is 12.3 Å². The lowest BCUT2D eigenvalue weighted by atomic mass is 10.4. The maximum atomic E-state index is 6.68. The predicted octanol–water partition coefficient (Wildman–Crippen LogP) is -0.479. The van der Waals surface area contributed by atoms with E-state index in [1.54, 1.807) is 0 Å². The average Bonchev–Trinajstić information content (AvgIpc) is 2.67. The van der Waals surface area contributed by atoms with Crippen molar-refractivity contribution in [2.75, 3.05) is 0 Å². The van der Waals surface area contributed by atoms with Crippen LogP contribution in [0.25, 0.3) is 0 Å². The van der Waals surface area contributed by atoms with Crippen molar-refractivity contribution in [1.29, 1.82) is 0 Å². The van der Waals surface area contributed by atoms with Gasteiger partial charge in [-0.3, -0.25) is 0 Å². The molecule has 0 spiro atoms. The van der Waals surface area contributed by atoms with Gasteiger partial charge in [0.1, 0.15) is 0 Å². The van der Waals surface area contributed by atoms with Gasteiger partial charge in [-0.25, -0.2) is 0 Å². The van der Waals surface area contributed by atoms with E-state index in [0.717, 1.165) is 0 Å². The molecule has 0 saturated heterocycles. The van der Waals surface area contributed by atoms with Crippen LogP contribution in [0.3, 0.4) is 0 Å². The molecule has 0 aliphatic carbocycles. The highest BCUT2D eigenvalue weighted by Gasteiger charge is 2.27. The third kappa shape index (κ3) is 7.54. The minimum Gasteiger partial charge on any atom is -0.462 e. The van der Waals surface area contributed by atoms with Crippen LogP contribution in [0.15, 0.2) is 72.9 Å². The van der Waals surface area contributed by atoms with Crippen LogP contribution in [0, 0.1) is 0 Å². The molecule has 2 aromatic rings. The van der Waals surface area contributed by atoms with Crippen LogP contribution < -0.4 is 10.4 Å². The lowest BCUT2D eigenvalue weighted by Gasteiger charge is -2.26. The Labute approximate surface area is 168 Å². The first kappa shape index (κ1) is 21.7. The molecule has 0 radical (unpaired) electrons. The number of benzene rings is 2. The topological polar surface area (TPSA) is 27.7 Å². The third-order valence-corrected chi connectivity index (χ3v) is 26.5. The third-order valence-electron chi connectivity index (χ3n) is 4.09. The SMILES string of the molecule is C=C[SiH](C)O[SiH2][SiH2]O[Si](C)(C)[SiH2]O[SiH](c1ccccc1)c1ccccc1. The summed E-state index contributed by atoms with van der Waals surface area (Å²) in [6.45, 7) is 10.7. The standard InChI is InChI=1S/C17H30O3Si6/c1-5-24(2)18-21-22-20-26(3,4)23-19-25(16-12-8-6-9-13-16)17-14-10-7-11-15-17/h5-15,24-25H,1,21-23H2,2-4H3. The molecule has 0 fully saturated rings. The van der Waals surface area contributed by atoms with Crippen LogP contribution in [0.1, 0.15) is 0 Å². The average molecular weight is 451 g/mol. The molecule has 0 amide bonds. The van der Waals surface area contributed by atoms with Gasteiger partial charge in [0.2, 0.25) is 9.04 Å². The van der Waals surface area contributed by atoms with Crippen LogP contribution in [-0.2, 0) is 12.3 Å². The highest BCUT2D eigenvalue weighted by molar-refractivity contribution is 7.22. The first-order valence-electron chi connectivity index (χ1n) is 9.11. The smallest absolute Gasteiger partial charge is 0.228 e. The Hall–Kier alpha value is -0.639. The van der Waals surface area contributed by atoms with Crippen LogP contribution in [0.2, 0.25) is 19.6 Å². The van der Waals surface area contributed by atoms with Crippen molar-refractivity contribution in [2.24, 2.45) is 0 Å². The predicted molar refractivity (Wildman–Crippen MR) is 129 cm³/mol. The largest absolute Gasteiger partial charge is 0.462 e. The molecule has 0 aliphatic heterocycles. The Morgan fingerprint density at radius 3 is 1.92 bits per heavy atom. The molecule has 0 aromatic heterocycles. The van der Waals surface area contributed by atoms with Crippen LogP contribution >= 0.6 is 0 Å². The monoisotopic (exact) mass is 450 g/mol.